The number of rotatable bonds is 1. The first kappa shape index (κ1) is 8.57. The number of phenolic OH excluding ortho intramolecular Hbond substituents is 1. The number of aromatic hydroxyl groups is 1. The Hall–Kier alpha value is -1.02. The second-order valence-corrected chi connectivity index (χ2v) is 3.63. The highest BCUT2D eigenvalue weighted by Gasteiger charge is 2.24. The number of nitrogens with two attached hydrogens (primary N) is 1. The van der Waals surface area contributed by atoms with Crippen molar-refractivity contribution in [2.45, 2.75) is 32.2 Å². The van der Waals surface area contributed by atoms with Gasteiger partial charge in [-0.3, -0.25) is 0 Å². The van der Waals surface area contributed by atoms with Gasteiger partial charge in [0, 0.05) is 11.6 Å². The van der Waals surface area contributed by atoms with Crippen LogP contribution in [0.15, 0.2) is 12.1 Å². The number of aryl methyl sites for hydroxylation is 1. The second-order valence-electron chi connectivity index (χ2n) is 3.63. The molecule has 0 aromatic heterocycles. The summed E-state index contributed by atoms with van der Waals surface area (Å²) in [4.78, 5) is 0. The van der Waals surface area contributed by atoms with Gasteiger partial charge in [0.2, 0.25) is 0 Å². The zero-order valence-electron chi connectivity index (χ0n) is 7.88. The Morgan fingerprint density at radius 2 is 2.31 bits per heavy atom. The first-order chi connectivity index (χ1) is 6.24. The van der Waals surface area contributed by atoms with Crippen LogP contribution in [0.3, 0.4) is 0 Å². The van der Waals surface area contributed by atoms with Crippen molar-refractivity contribution < 1.29 is 5.11 Å². The highest BCUT2D eigenvalue weighted by molar-refractivity contribution is 5.49. The summed E-state index contributed by atoms with van der Waals surface area (Å²) in [5.74, 6) is 0.372. The predicted octanol–water partition coefficient (Wildman–Crippen LogP) is 1.90. The minimum Gasteiger partial charge on any atom is -0.508 e. The van der Waals surface area contributed by atoms with E-state index < -0.39 is 0 Å². The molecule has 0 bridgehead atoms. The van der Waals surface area contributed by atoms with E-state index in [0.29, 0.717) is 5.75 Å². The third kappa shape index (κ3) is 1.22. The van der Waals surface area contributed by atoms with E-state index in [0.717, 1.165) is 24.8 Å². The van der Waals surface area contributed by atoms with Gasteiger partial charge in [0.1, 0.15) is 5.75 Å². The number of benzene rings is 1. The maximum Gasteiger partial charge on any atom is 0.120 e. The van der Waals surface area contributed by atoms with Crippen LogP contribution in [-0.4, -0.2) is 5.11 Å². The predicted molar refractivity (Wildman–Crippen MR) is 52.7 cm³/mol. The maximum atomic E-state index is 9.64. The largest absolute Gasteiger partial charge is 0.508 e. The summed E-state index contributed by atoms with van der Waals surface area (Å²) in [5.41, 5.74) is 9.52. The highest BCUT2D eigenvalue weighted by atomic mass is 16.3. The molecule has 0 saturated carbocycles. The molecule has 0 saturated heterocycles. The van der Waals surface area contributed by atoms with Gasteiger partial charge in [-0.1, -0.05) is 13.0 Å². The van der Waals surface area contributed by atoms with Crippen LogP contribution in [-0.2, 0) is 12.8 Å². The number of phenols is 1. The van der Waals surface area contributed by atoms with Gasteiger partial charge in [0.05, 0.1) is 0 Å². The van der Waals surface area contributed by atoms with Crippen molar-refractivity contribution in [3.05, 3.63) is 28.8 Å². The van der Waals surface area contributed by atoms with Crippen LogP contribution in [0.25, 0.3) is 0 Å². The molecule has 0 unspecified atom stereocenters. The maximum absolute atomic E-state index is 9.64. The first-order valence-electron chi connectivity index (χ1n) is 4.83. The van der Waals surface area contributed by atoms with Gasteiger partial charge in [-0.25, -0.2) is 0 Å². The Labute approximate surface area is 78.4 Å². The SMILES string of the molecule is CCc1ccc(O)c2c1CC[C@@H]2N. The average molecular weight is 177 g/mol. The molecule has 1 aliphatic carbocycles. The normalized spacial score (nSPS) is 20.3. The van der Waals surface area contributed by atoms with E-state index >= 15 is 0 Å². The molecule has 13 heavy (non-hydrogen) atoms. The topological polar surface area (TPSA) is 46.2 Å². The summed E-state index contributed by atoms with van der Waals surface area (Å²) < 4.78 is 0. The van der Waals surface area contributed by atoms with Gasteiger partial charge < -0.3 is 10.8 Å². The Morgan fingerprint density at radius 1 is 1.54 bits per heavy atom. The van der Waals surface area contributed by atoms with Crippen LogP contribution in [0, 0.1) is 0 Å². The fourth-order valence-electron chi connectivity index (χ4n) is 2.18. The molecule has 3 N–H and O–H groups in total. The van der Waals surface area contributed by atoms with Crippen LogP contribution in [0.5, 0.6) is 5.75 Å². The summed E-state index contributed by atoms with van der Waals surface area (Å²) in [6.07, 6.45) is 3.02. The Balaban J connectivity index is 2.59. The van der Waals surface area contributed by atoms with Crippen molar-refractivity contribution in [2.24, 2.45) is 5.73 Å². The molecule has 0 fully saturated rings. The lowest BCUT2D eigenvalue weighted by atomic mass is 10.00. The van der Waals surface area contributed by atoms with Crippen LogP contribution in [0.2, 0.25) is 0 Å². The molecule has 0 amide bonds. The highest BCUT2D eigenvalue weighted by Crippen LogP contribution is 2.37. The lowest BCUT2D eigenvalue weighted by Crippen LogP contribution is -2.05. The van der Waals surface area contributed by atoms with E-state index in [4.69, 9.17) is 5.73 Å². The van der Waals surface area contributed by atoms with E-state index in [-0.39, 0.29) is 6.04 Å². The van der Waals surface area contributed by atoms with Gasteiger partial charge in [-0.2, -0.15) is 0 Å². The molecule has 2 nitrogen and oxygen atoms in total. The lowest BCUT2D eigenvalue weighted by molar-refractivity contribution is 0.463. The lowest BCUT2D eigenvalue weighted by Gasteiger charge is -2.10. The number of fused-ring (bicyclic) bond motifs is 1. The van der Waals surface area contributed by atoms with Gasteiger partial charge in [-0.05, 0) is 36.5 Å². The van der Waals surface area contributed by atoms with E-state index in [1.54, 1.807) is 6.07 Å². The molecule has 2 rings (SSSR count). The summed E-state index contributed by atoms with van der Waals surface area (Å²) in [7, 11) is 0. The number of hydrogen-bond acceptors (Lipinski definition) is 2. The van der Waals surface area contributed by atoms with Gasteiger partial charge in [0.15, 0.2) is 0 Å². The molecule has 1 aromatic carbocycles. The van der Waals surface area contributed by atoms with E-state index in [1.165, 1.54) is 11.1 Å². The Kier molecular flexibility index (Phi) is 2.00. The summed E-state index contributed by atoms with van der Waals surface area (Å²) in [5, 5.41) is 9.64. The fraction of sp³-hybridized carbons (Fsp3) is 0.455. The van der Waals surface area contributed by atoms with Crippen molar-refractivity contribution in [2.75, 3.05) is 0 Å². The molecule has 2 heteroatoms. The van der Waals surface area contributed by atoms with Gasteiger partial charge in [-0.15, -0.1) is 0 Å². The molecule has 0 heterocycles. The Bertz CT molecular complexity index is 333. The van der Waals surface area contributed by atoms with E-state index in [9.17, 15) is 5.11 Å². The van der Waals surface area contributed by atoms with Crippen molar-refractivity contribution in [1.82, 2.24) is 0 Å². The molecular weight excluding hydrogens is 162 g/mol. The van der Waals surface area contributed by atoms with Gasteiger partial charge >= 0.3 is 0 Å². The zero-order valence-corrected chi connectivity index (χ0v) is 7.88. The summed E-state index contributed by atoms with van der Waals surface area (Å²) in [6, 6.07) is 3.82. The molecule has 1 aromatic rings. The minimum absolute atomic E-state index is 0.0431. The standard InChI is InChI=1S/C11H15NO/c1-2-7-3-6-10(13)11-8(7)4-5-9(11)12/h3,6,9,13H,2,4-5,12H2,1H3/t9-/m0/s1. The van der Waals surface area contributed by atoms with Crippen molar-refractivity contribution in [3.63, 3.8) is 0 Å². The average Bonchev–Trinajstić information content (AvgIpc) is 2.50. The Morgan fingerprint density at radius 3 is 3.00 bits per heavy atom. The summed E-state index contributed by atoms with van der Waals surface area (Å²) >= 11 is 0. The molecule has 0 aliphatic heterocycles. The monoisotopic (exact) mass is 177 g/mol. The molecule has 0 spiro atoms. The molecule has 1 aliphatic rings. The molecule has 70 valence electrons. The van der Waals surface area contributed by atoms with Crippen LogP contribution < -0.4 is 5.73 Å². The van der Waals surface area contributed by atoms with Crippen molar-refractivity contribution in [1.29, 1.82) is 0 Å². The van der Waals surface area contributed by atoms with Crippen molar-refractivity contribution in [3.8, 4) is 5.75 Å². The van der Waals surface area contributed by atoms with Crippen LogP contribution in [0.4, 0.5) is 0 Å². The van der Waals surface area contributed by atoms with Crippen LogP contribution >= 0.6 is 0 Å². The molecular formula is C11H15NO. The molecule has 0 radical (unpaired) electrons. The number of hydrogen-bond donors (Lipinski definition) is 2. The summed E-state index contributed by atoms with van der Waals surface area (Å²) in [6.45, 7) is 2.14. The van der Waals surface area contributed by atoms with Crippen molar-refractivity contribution >= 4 is 0 Å². The molecule has 1 atom stereocenters. The second kappa shape index (κ2) is 3.04. The third-order valence-corrected chi connectivity index (χ3v) is 2.89. The van der Waals surface area contributed by atoms with Crippen LogP contribution in [0.1, 0.15) is 36.1 Å². The first-order valence-corrected chi connectivity index (χ1v) is 4.83. The third-order valence-electron chi connectivity index (χ3n) is 2.89. The van der Waals surface area contributed by atoms with Gasteiger partial charge in [0.25, 0.3) is 0 Å². The van der Waals surface area contributed by atoms with E-state index in [1.807, 2.05) is 6.07 Å². The zero-order chi connectivity index (χ0) is 9.42. The fourth-order valence-corrected chi connectivity index (χ4v) is 2.18. The quantitative estimate of drug-likeness (QED) is 0.688. The smallest absolute Gasteiger partial charge is 0.120 e. The van der Waals surface area contributed by atoms with E-state index in [2.05, 4.69) is 6.92 Å². The minimum atomic E-state index is 0.0431.